The van der Waals surface area contributed by atoms with Crippen LogP contribution in [0.25, 0.3) is 0 Å². The zero-order chi connectivity index (χ0) is 28.2. The lowest BCUT2D eigenvalue weighted by Crippen LogP contribution is -2.37. The molecule has 1 fully saturated rings. The van der Waals surface area contributed by atoms with Crippen LogP contribution in [0.4, 0.5) is 27.9 Å². The molecule has 4 rings (SSSR count). The molecule has 0 bridgehead atoms. The average molecular weight is 759 g/mol. The van der Waals surface area contributed by atoms with Gasteiger partial charge in [-0.05, 0) is 81.6 Å². The Balaban J connectivity index is 0.000000983. The lowest BCUT2D eigenvalue weighted by molar-refractivity contribution is -0.134. The van der Waals surface area contributed by atoms with Gasteiger partial charge in [0.25, 0.3) is 5.97 Å². The van der Waals surface area contributed by atoms with Gasteiger partial charge in [0.1, 0.15) is 18.2 Å². The number of carboxylic acid groups (broad SMARTS) is 1. The van der Waals surface area contributed by atoms with Crippen molar-refractivity contribution in [3.8, 4) is 18.1 Å². The Morgan fingerprint density at radius 2 is 1.90 bits per heavy atom. The number of hydrogen-bond donors (Lipinski definition) is 3. The summed E-state index contributed by atoms with van der Waals surface area (Å²) in [6, 6.07) is 9.86. The highest BCUT2D eigenvalue weighted by atomic mass is 127. The zero-order valence-corrected chi connectivity index (χ0v) is 25.0. The quantitative estimate of drug-likeness (QED) is 0.132. The van der Waals surface area contributed by atoms with Gasteiger partial charge in [0.05, 0.1) is 23.0 Å². The highest BCUT2D eigenvalue weighted by molar-refractivity contribution is 14.1. The minimum absolute atomic E-state index is 0.152. The molecule has 1 aliphatic rings. The predicted molar refractivity (Wildman–Crippen MR) is 163 cm³/mol. The van der Waals surface area contributed by atoms with E-state index in [4.69, 9.17) is 25.8 Å². The number of hydrogen-bond acceptors (Lipinski definition) is 10. The average Bonchev–Trinajstić information content (AvgIpc) is 2.89. The number of terminal acetylenes is 1. The Labute approximate surface area is 251 Å². The number of hydrazone groups is 1. The second-order valence-corrected chi connectivity index (χ2v) is 10.1. The van der Waals surface area contributed by atoms with Crippen molar-refractivity contribution in [2.45, 2.75) is 6.92 Å². The SMILES string of the molecule is C#CCOc1c(I)cc(I)cc1C=NNc1nc(Nc2ccc(F)cc2)nc(N2CCOCC2)n1.CC(=O)O. The summed E-state index contributed by atoms with van der Waals surface area (Å²) in [6.07, 6.45) is 6.98. The number of ether oxygens (including phenoxy) is 2. The number of halogens is 3. The predicted octanol–water partition coefficient (Wildman–Crippen LogP) is 4.35. The molecule has 0 amide bonds. The number of carboxylic acids is 1. The van der Waals surface area contributed by atoms with E-state index >= 15 is 0 Å². The monoisotopic (exact) mass is 759 g/mol. The summed E-state index contributed by atoms with van der Waals surface area (Å²) in [6.45, 7) is 3.71. The highest BCUT2D eigenvalue weighted by Gasteiger charge is 2.17. The number of aliphatic carboxylic acids is 1. The van der Waals surface area contributed by atoms with Crippen molar-refractivity contribution >= 4 is 80.9 Å². The number of morpholine rings is 1. The third-order valence-corrected chi connectivity index (χ3v) is 6.15. The van der Waals surface area contributed by atoms with Crippen LogP contribution >= 0.6 is 45.2 Å². The summed E-state index contributed by atoms with van der Waals surface area (Å²) in [4.78, 5) is 24.5. The van der Waals surface area contributed by atoms with Crippen LogP contribution in [0.2, 0.25) is 0 Å². The third kappa shape index (κ3) is 10.1. The van der Waals surface area contributed by atoms with Crippen LogP contribution in [0.15, 0.2) is 41.5 Å². The molecule has 0 aliphatic carbocycles. The molecule has 3 aromatic rings. The number of anilines is 4. The smallest absolute Gasteiger partial charge is 0.300 e. The molecule has 3 N–H and O–H groups in total. The van der Waals surface area contributed by atoms with E-state index in [-0.39, 0.29) is 18.4 Å². The van der Waals surface area contributed by atoms with E-state index in [9.17, 15) is 4.39 Å². The van der Waals surface area contributed by atoms with E-state index in [0.29, 0.717) is 49.6 Å². The molecule has 2 heterocycles. The minimum Gasteiger partial charge on any atom is -0.481 e. The van der Waals surface area contributed by atoms with Gasteiger partial charge in [-0.1, -0.05) is 5.92 Å². The molecule has 204 valence electrons. The van der Waals surface area contributed by atoms with Gasteiger partial charge in [-0.25, -0.2) is 9.82 Å². The molecule has 0 saturated carbocycles. The molecule has 0 radical (unpaired) electrons. The van der Waals surface area contributed by atoms with Crippen molar-refractivity contribution in [3.63, 3.8) is 0 Å². The highest BCUT2D eigenvalue weighted by Crippen LogP contribution is 2.27. The number of carbonyl (C=O) groups is 1. The Kier molecular flexibility index (Phi) is 11.9. The Morgan fingerprint density at radius 3 is 2.56 bits per heavy atom. The van der Waals surface area contributed by atoms with Gasteiger partial charge in [-0.15, -0.1) is 6.42 Å². The van der Waals surface area contributed by atoms with E-state index in [1.54, 1.807) is 18.3 Å². The minimum atomic E-state index is -0.833. The maximum absolute atomic E-state index is 13.3. The van der Waals surface area contributed by atoms with Gasteiger partial charge in [-0.2, -0.15) is 20.1 Å². The largest absolute Gasteiger partial charge is 0.481 e. The van der Waals surface area contributed by atoms with Crippen LogP contribution in [-0.4, -0.2) is 65.2 Å². The molecule has 0 unspecified atom stereocenters. The molecule has 1 aromatic heterocycles. The fourth-order valence-electron chi connectivity index (χ4n) is 3.14. The molecule has 0 atom stereocenters. The summed E-state index contributed by atoms with van der Waals surface area (Å²) in [5, 5.41) is 14.8. The van der Waals surface area contributed by atoms with Crippen LogP contribution < -0.4 is 20.4 Å². The van der Waals surface area contributed by atoms with Crippen LogP contribution in [0.3, 0.4) is 0 Å². The number of nitrogens with one attached hydrogen (secondary N) is 2. The lowest BCUT2D eigenvalue weighted by atomic mass is 10.2. The first-order chi connectivity index (χ1) is 18.7. The number of benzene rings is 2. The van der Waals surface area contributed by atoms with Gasteiger partial charge in [0, 0.05) is 34.8 Å². The second kappa shape index (κ2) is 15.3. The number of rotatable bonds is 8. The van der Waals surface area contributed by atoms with Crippen molar-refractivity contribution in [2.24, 2.45) is 5.10 Å². The molecule has 0 spiro atoms. The molecule has 14 heteroatoms. The molecule has 39 heavy (non-hydrogen) atoms. The maximum atomic E-state index is 13.3. The molecule has 2 aromatic carbocycles. The van der Waals surface area contributed by atoms with Gasteiger partial charge in [0.2, 0.25) is 17.8 Å². The summed E-state index contributed by atoms with van der Waals surface area (Å²) in [7, 11) is 0. The van der Waals surface area contributed by atoms with Crippen molar-refractivity contribution in [3.05, 3.63) is 54.9 Å². The van der Waals surface area contributed by atoms with E-state index in [2.05, 4.69) is 81.9 Å². The van der Waals surface area contributed by atoms with Crippen molar-refractivity contribution in [1.29, 1.82) is 0 Å². The number of aromatic nitrogens is 3. The van der Waals surface area contributed by atoms with Crippen molar-refractivity contribution < 1.29 is 23.8 Å². The first kappa shape index (κ1) is 30.2. The van der Waals surface area contributed by atoms with Gasteiger partial charge < -0.3 is 24.8 Å². The topological polar surface area (TPSA) is 134 Å². The lowest BCUT2D eigenvalue weighted by Gasteiger charge is -2.27. The molecule has 1 aliphatic heterocycles. The van der Waals surface area contributed by atoms with Crippen LogP contribution in [0.5, 0.6) is 5.75 Å². The molecular weight excluding hydrogens is 735 g/mol. The van der Waals surface area contributed by atoms with E-state index in [1.165, 1.54) is 12.1 Å². The summed E-state index contributed by atoms with van der Waals surface area (Å²) in [5.41, 5.74) is 4.28. The second-order valence-electron chi connectivity index (χ2n) is 7.70. The van der Waals surface area contributed by atoms with Crippen molar-refractivity contribution in [1.82, 2.24) is 15.0 Å². The number of nitrogens with zero attached hydrogens (tertiary/aromatic N) is 5. The zero-order valence-electron chi connectivity index (χ0n) is 20.7. The molecule has 11 nitrogen and oxygen atoms in total. The van der Waals surface area contributed by atoms with Gasteiger partial charge in [-0.3, -0.25) is 4.79 Å². The van der Waals surface area contributed by atoms with Crippen LogP contribution in [0, 0.1) is 25.3 Å². The molecular formula is C25H24FI2N7O4. The van der Waals surface area contributed by atoms with Crippen molar-refractivity contribution in [2.75, 3.05) is 48.6 Å². The summed E-state index contributed by atoms with van der Waals surface area (Å²) < 4.78 is 26.4. The Morgan fingerprint density at radius 1 is 1.23 bits per heavy atom. The maximum Gasteiger partial charge on any atom is 0.300 e. The van der Waals surface area contributed by atoms with E-state index in [1.807, 2.05) is 17.0 Å². The fourth-order valence-corrected chi connectivity index (χ4v) is 5.18. The third-order valence-electron chi connectivity index (χ3n) is 4.72. The molecule has 1 saturated heterocycles. The summed E-state index contributed by atoms with van der Waals surface area (Å²) >= 11 is 4.43. The van der Waals surface area contributed by atoms with E-state index in [0.717, 1.165) is 19.6 Å². The van der Waals surface area contributed by atoms with Gasteiger partial charge in [0.15, 0.2) is 0 Å². The normalized spacial score (nSPS) is 12.7. The standard InChI is InChI=1S/C23H20FI2N7O2.C2H4O2/c1-2-9-35-20-15(12-17(25)13-19(20)26)14-27-32-22-29-21(28-18-5-3-16(24)4-6-18)30-23(31-22)33-7-10-34-11-8-33;1-2(3)4/h1,3-6,12-14H,7-11H2,(H2,28,29,30,31,32);1H3,(H,3,4). The first-order valence-electron chi connectivity index (χ1n) is 11.4. The fraction of sp³-hybridized carbons (Fsp3) is 0.240. The van der Waals surface area contributed by atoms with E-state index < -0.39 is 5.97 Å². The van der Waals surface area contributed by atoms with Gasteiger partial charge >= 0.3 is 0 Å². The Bertz CT molecular complexity index is 1340. The van der Waals surface area contributed by atoms with Crippen LogP contribution in [0.1, 0.15) is 12.5 Å². The van der Waals surface area contributed by atoms with Crippen LogP contribution in [-0.2, 0) is 9.53 Å². The Hall–Kier alpha value is -3.30. The first-order valence-corrected chi connectivity index (χ1v) is 13.6. The summed E-state index contributed by atoms with van der Waals surface area (Å²) in [5.74, 6) is 2.99.